The van der Waals surface area contributed by atoms with Gasteiger partial charge in [-0.2, -0.15) is 0 Å². The van der Waals surface area contributed by atoms with Gasteiger partial charge in [0, 0.05) is 27.0 Å². The zero-order valence-electron chi connectivity index (χ0n) is 25.2. The number of hydrogen-bond donors (Lipinski definition) is 0. The first kappa shape index (κ1) is 28.8. The van der Waals surface area contributed by atoms with Crippen LogP contribution in [0.25, 0.3) is 11.1 Å². The van der Waals surface area contributed by atoms with Gasteiger partial charge in [0.15, 0.2) is 28.1 Å². The van der Waals surface area contributed by atoms with Gasteiger partial charge in [-0.25, -0.2) is 0 Å². The molecule has 0 saturated heterocycles. The van der Waals surface area contributed by atoms with E-state index in [0.29, 0.717) is 19.8 Å². The van der Waals surface area contributed by atoms with Crippen LogP contribution in [0.4, 0.5) is 0 Å². The summed E-state index contributed by atoms with van der Waals surface area (Å²) in [6, 6.07) is 55.5. The van der Waals surface area contributed by atoms with Crippen molar-refractivity contribution in [2.45, 2.75) is 5.08 Å². The second-order valence-electron chi connectivity index (χ2n) is 11.1. The lowest BCUT2D eigenvalue weighted by atomic mass is 10.0. The van der Waals surface area contributed by atoms with E-state index in [-0.39, 0.29) is 0 Å². The van der Waals surface area contributed by atoms with Crippen LogP contribution < -0.4 is 40.2 Å². The highest BCUT2D eigenvalue weighted by molar-refractivity contribution is 7.90. The average Bonchev–Trinajstić information content (AvgIpc) is 3.13. The molecule has 0 saturated carbocycles. The smallest absolute Gasteiger partial charge is 0.194 e. The van der Waals surface area contributed by atoms with E-state index in [1.54, 1.807) is 0 Å². The SMILES string of the molecule is c1ccc(P(c2ccccc2)C2(P(c3ccccc3)c3ccccc3)COc3c(cccc3-c3cccc4c3OCCO4)O2)cc1. The third-order valence-electron chi connectivity index (χ3n) is 8.27. The molecule has 0 aromatic heterocycles. The first-order chi connectivity index (χ1) is 22.8. The number of rotatable bonds is 7. The minimum atomic E-state index is -1.10. The predicted octanol–water partition coefficient (Wildman–Crippen LogP) is 7.82. The van der Waals surface area contributed by atoms with Gasteiger partial charge in [-0.1, -0.05) is 146 Å². The van der Waals surface area contributed by atoms with Crippen LogP contribution in [-0.2, 0) is 0 Å². The molecule has 2 aliphatic heterocycles. The summed E-state index contributed by atoms with van der Waals surface area (Å²) >= 11 is 0. The highest BCUT2D eigenvalue weighted by atomic mass is 31.2. The van der Waals surface area contributed by atoms with E-state index in [9.17, 15) is 0 Å². The monoisotopic (exact) mass is 638 g/mol. The van der Waals surface area contributed by atoms with Crippen molar-refractivity contribution < 1.29 is 18.9 Å². The highest BCUT2D eigenvalue weighted by Gasteiger charge is 2.54. The fourth-order valence-electron chi connectivity index (χ4n) is 6.35. The Morgan fingerprint density at radius 1 is 0.391 bits per heavy atom. The summed E-state index contributed by atoms with van der Waals surface area (Å²) in [5.41, 5.74) is 1.87. The molecule has 6 aromatic rings. The third-order valence-corrected chi connectivity index (χ3v) is 14.6. The molecule has 2 heterocycles. The maximum atomic E-state index is 7.63. The van der Waals surface area contributed by atoms with E-state index < -0.39 is 20.9 Å². The van der Waals surface area contributed by atoms with Crippen LogP contribution >= 0.6 is 15.8 Å². The lowest BCUT2D eigenvalue weighted by Gasteiger charge is -2.49. The fraction of sp³-hybridized carbons (Fsp3) is 0.100. The lowest BCUT2D eigenvalue weighted by molar-refractivity contribution is 0.121. The van der Waals surface area contributed by atoms with Gasteiger partial charge in [-0.15, -0.1) is 0 Å². The lowest BCUT2D eigenvalue weighted by Crippen LogP contribution is -2.49. The van der Waals surface area contributed by atoms with Crippen molar-refractivity contribution in [3.63, 3.8) is 0 Å². The van der Waals surface area contributed by atoms with Crippen molar-refractivity contribution in [1.82, 2.24) is 0 Å². The van der Waals surface area contributed by atoms with Gasteiger partial charge in [0.25, 0.3) is 0 Å². The summed E-state index contributed by atoms with van der Waals surface area (Å²) in [6.07, 6.45) is 0. The van der Waals surface area contributed by atoms with Crippen molar-refractivity contribution in [1.29, 1.82) is 0 Å². The van der Waals surface area contributed by atoms with Crippen molar-refractivity contribution in [3.05, 3.63) is 158 Å². The Balaban J connectivity index is 1.37. The van der Waals surface area contributed by atoms with E-state index >= 15 is 0 Å². The molecule has 0 atom stereocenters. The summed E-state index contributed by atoms with van der Waals surface area (Å²) in [5.74, 6) is 2.96. The Hall–Kier alpha value is -4.62. The maximum Gasteiger partial charge on any atom is 0.194 e. The molecule has 0 amide bonds. The quantitative estimate of drug-likeness (QED) is 0.167. The molecule has 0 unspecified atom stereocenters. The van der Waals surface area contributed by atoms with Gasteiger partial charge in [-0.05, 0) is 33.4 Å². The largest absolute Gasteiger partial charge is 0.486 e. The molecule has 6 aromatic carbocycles. The molecule has 4 nitrogen and oxygen atoms in total. The number of para-hydroxylation sites is 2. The van der Waals surface area contributed by atoms with Crippen molar-refractivity contribution in [2.24, 2.45) is 0 Å². The number of ether oxygens (including phenoxy) is 4. The molecule has 0 N–H and O–H groups in total. The Morgan fingerprint density at radius 3 is 1.28 bits per heavy atom. The maximum absolute atomic E-state index is 7.63. The predicted molar refractivity (Wildman–Crippen MR) is 190 cm³/mol. The molecule has 6 heteroatoms. The minimum absolute atomic E-state index is 0.369. The van der Waals surface area contributed by atoms with E-state index in [0.717, 1.165) is 34.1 Å². The fourth-order valence-corrected chi connectivity index (χ4v) is 13.4. The number of benzene rings is 6. The van der Waals surface area contributed by atoms with Crippen LogP contribution in [0.3, 0.4) is 0 Å². The molecule has 2 aliphatic rings. The molecule has 226 valence electrons. The van der Waals surface area contributed by atoms with Crippen LogP contribution in [0.15, 0.2) is 158 Å². The van der Waals surface area contributed by atoms with Crippen LogP contribution in [0, 0.1) is 0 Å². The molecule has 0 fully saturated rings. The van der Waals surface area contributed by atoms with Gasteiger partial charge in [0.2, 0.25) is 0 Å². The van der Waals surface area contributed by atoms with E-state index in [1.165, 1.54) is 21.2 Å². The van der Waals surface area contributed by atoms with E-state index in [4.69, 9.17) is 18.9 Å². The van der Waals surface area contributed by atoms with Crippen LogP contribution in [-0.4, -0.2) is 24.9 Å². The second kappa shape index (κ2) is 12.6. The topological polar surface area (TPSA) is 36.9 Å². The number of hydrogen-bond acceptors (Lipinski definition) is 4. The second-order valence-corrected chi connectivity index (χ2v) is 16.3. The van der Waals surface area contributed by atoms with Crippen molar-refractivity contribution in [2.75, 3.05) is 19.8 Å². The third kappa shape index (κ3) is 5.22. The standard InChI is InChI=1S/C40H32O4P2/c1-5-15-30(16-6-1)45(31-17-7-2-8-18-31)40(46(32-19-9-3-10-20-32)33-21-11-4-12-22-33)29-43-39-35(24-14-26-37(39)44-40)34-23-13-25-36-38(34)42-28-27-41-36/h1-26H,27-29H2. The Morgan fingerprint density at radius 2 is 0.804 bits per heavy atom. The molecule has 0 radical (unpaired) electrons. The zero-order chi connectivity index (χ0) is 30.8. The summed E-state index contributed by atoms with van der Waals surface area (Å²) in [7, 11) is -2.20. The van der Waals surface area contributed by atoms with Crippen molar-refractivity contribution >= 4 is 37.1 Å². The van der Waals surface area contributed by atoms with Gasteiger partial charge in [0.05, 0.1) is 0 Å². The van der Waals surface area contributed by atoms with Crippen LogP contribution in [0.2, 0.25) is 0 Å². The van der Waals surface area contributed by atoms with Gasteiger partial charge < -0.3 is 18.9 Å². The number of fused-ring (bicyclic) bond motifs is 2. The molecule has 46 heavy (non-hydrogen) atoms. The first-order valence-electron chi connectivity index (χ1n) is 15.5. The molecule has 0 spiro atoms. The molecule has 0 bridgehead atoms. The first-order valence-corrected chi connectivity index (χ1v) is 18.1. The molecular formula is C40H32O4P2. The summed E-state index contributed by atoms with van der Waals surface area (Å²) < 4.78 is 26.8. The normalized spacial score (nSPS) is 14.7. The van der Waals surface area contributed by atoms with Gasteiger partial charge in [-0.3, -0.25) is 0 Å². The van der Waals surface area contributed by atoms with Gasteiger partial charge in [0.1, 0.15) is 19.8 Å². The summed E-state index contributed by atoms with van der Waals surface area (Å²) in [6.45, 7) is 1.42. The van der Waals surface area contributed by atoms with E-state index in [1.807, 2.05) is 18.2 Å². The van der Waals surface area contributed by atoms with Gasteiger partial charge >= 0.3 is 0 Å². The van der Waals surface area contributed by atoms with E-state index in [2.05, 4.69) is 140 Å². The van der Waals surface area contributed by atoms with Crippen LogP contribution in [0.5, 0.6) is 23.0 Å². The highest BCUT2D eigenvalue weighted by Crippen LogP contribution is 2.67. The Kier molecular flexibility index (Phi) is 7.92. The molecule has 0 aliphatic carbocycles. The zero-order valence-corrected chi connectivity index (χ0v) is 26.9. The summed E-state index contributed by atoms with van der Waals surface area (Å²) in [4.78, 5) is 0. The Labute approximate surface area is 272 Å². The molecule has 8 rings (SSSR count). The Bertz CT molecular complexity index is 1770. The average molecular weight is 639 g/mol. The van der Waals surface area contributed by atoms with Crippen LogP contribution in [0.1, 0.15) is 0 Å². The minimum Gasteiger partial charge on any atom is -0.486 e. The van der Waals surface area contributed by atoms with Crippen molar-refractivity contribution in [3.8, 4) is 34.1 Å². The summed E-state index contributed by atoms with van der Waals surface area (Å²) in [5, 5.41) is 4.24. The molecular weight excluding hydrogens is 606 g/mol.